The molecule has 0 radical (unpaired) electrons. The number of nitrogens with one attached hydrogen (secondary N) is 2. The van der Waals surface area contributed by atoms with E-state index in [1.54, 1.807) is 19.3 Å². The number of halogens is 2. The maximum Gasteiger partial charge on any atom is 0.236 e. The molecule has 1 heterocycles. The first-order valence-electron chi connectivity index (χ1n) is 3.71. The molecule has 0 aliphatic rings. The van der Waals surface area contributed by atoms with Crippen molar-refractivity contribution in [1.82, 2.24) is 15.5 Å². The van der Waals surface area contributed by atoms with Crippen LogP contribution in [-0.2, 0) is 11.3 Å². The minimum atomic E-state index is -0.461. The summed E-state index contributed by atoms with van der Waals surface area (Å²) in [4.78, 5) is 11.0. The van der Waals surface area contributed by atoms with Gasteiger partial charge in [-0.15, -0.1) is 24.8 Å². The van der Waals surface area contributed by atoms with Gasteiger partial charge in [0.15, 0.2) is 0 Å². The number of amides is 1. The van der Waals surface area contributed by atoms with Gasteiger partial charge < -0.3 is 11.1 Å². The second-order valence-corrected chi connectivity index (χ2v) is 2.61. The lowest BCUT2D eigenvalue weighted by Crippen LogP contribution is -2.37. The van der Waals surface area contributed by atoms with Gasteiger partial charge in [-0.25, -0.2) is 0 Å². The van der Waals surface area contributed by atoms with E-state index in [0.29, 0.717) is 6.54 Å². The molecule has 14 heavy (non-hydrogen) atoms. The van der Waals surface area contributed by atoms with Gasteiger partial charge in [0.1, 0.15) is 0 Å². The number of H-pyrrole nitrogens is 1. The highest BCUT2D eigenvalue weighted by Crippen LogP contribution is 1.91. The highest BCUT2D eigenvalue weighted by atomic mass is 35.5. The van der Waals surface area contributed by atoms with Crippen molar-refractivity contribution in [3.63, 3.8) is 0 Å². The molecule has 1 atom stereocenters. The van der Waals surface area contributed by atoms with E-state index in [4.69, 9.17) is 5.73 Å². The molecule has 7 heteroatoms. The van der Waals surface area contributed by atoms with Crippen molar-refractivity contribution in [3.8, 4) is 0 Å². The molecule has 0 bridgehead atoms. The SMILES string of the molecule is C[C@H](N)C(=O)NCc1cn[nH]c1.Cl.Cl. The summed E-state index contributed by atoms with van der Waals surface area (Å²) < 4.78 is 0. The molecule has 0 saturated heterocycles. The van der Waals surface area contributed by atoms with Crippen molar-refractivity contribution >= 4 is 30.7 Å². The Morgan fingerprint density at radius 2 is 2.36 bits per heavy atom. The molecular weight excluding hydrogens is 227 g/mol. The van der Waals surface area contributed by atoms with Gasteiger partial charge in [0.05, 0.1) is 12.2 Å². The normalized spacial score (nSPS) is 10.7. The molecule has 5 nitrogen and oxygen atoms in total. The van der Waals surface area contributed by atoms with Crippen LogP contribution in [0.15, 0.2) is 12.4 Å². The Bertz CT molecular complexity index is 250. The number of carbonyl (C=O) groups is 1. The maximum atomic E-state index is 11.0. The number of nitrogens with two attached hydrogens (primary N) is 1. The minimum Gasteiger partial charge on any atom is -0.351 e. The third-order valence-electron chi connectivity index (χ3n) is 1.44. The van der Waals surface area contributed by atoms with E-state index in [2.05, 4.69) is 15.5 Å². The number of aromatic amines is 1. The van der Waals surface area contributed by atoms with Crippen LogP contribution >= 0.6 is 24.8 Å². The van der Waals surface area contributed by atoms with Gasteiger partial charge in [0.25, 0.3) is 0 Å². The summed E-state index contributed by atoms with van der Waals surface area (Å²) in [7, 11) is 0. The van der Waals surface area contributed by atoms with Crippen LogP contribution in [0.2, 0.25) is 0 Å². The Morgan fingerprint density at radius 1 is 1.71 bits per heavy atom. The van der Waals surface area contributed by atoms with Gasteiger partial charge in [-0.2, -0.15) is 5.10 Å². The predicted octanol–water partition coefficient (Wildman–Crippen LogP) is 0.217. The monoisotopic (exact) mass is 240 g/mol. The van der Waals surface area contributed by atoms with E-state index < -0.39 is 6.04 Å². The van der Waals surface area contributed by atoms with Crippen molar-refractivity contribution in [3.05, 3.63) is 18.0 Å². The van der Waals surface area contributed by atoms with Crippen molar-refractivity contribution in [2.24, 2.45) is 5.73 Å². The molecule has 4 N–H and O–H groups in total. The van der Waals surface area contributed by atoms with Crippen LogP contribution in [0.4, 0.5) is 0 Å². The third-order valence-corrected chi connectivity index (χ3v) is 1.44. The highest BCUT2D eigenvalue weighted by Gasteiger charge is 2.05. The van der Waals surface area contributed by atoms with Gasteiger partial charge >= 0.3 is 0 Å². The van der Waals surface area contributed by atoms with Gasteiger partial charge in [0, 0.05) is 18.3 Å². The number of nitrogens with zero attached hydrogens (tertiary/aromatic N) is 1. The lowest BCUT2D eigenvalue weighted by atomic mass is 10.3. The zero-order chi connectivity index (χ0) is 8.97. The standard InChI is InChI=1S/C7H12N4O.2ClH/c1-5(8)7(12)9-2-6-3-10-11-4-6;;/h3-5H,2,8H2,1H3,(H,9,12)(H,10,11);2*1H/t5-;;/m0../s1. The van der Waals surface area contributed by atoms with Crippen molar-refractivity contribution in [2.75, 3.05) is 0 Å². The Labute approximate surface area is 94.6 Å². The summed E-state index contributed by atoms with van der Waals surface area (Å²) in [6, 6.07) is -0.461. The first-order valence-corrected chi connectivity index (χ1v) is 3.71. The second-order valence-electron chi connectivity index (χ2n) is 2.61. The molecule has 0 spiro atoms. The summed E-state index contributed by atoms with van der Waals surface area (Å²) in [6.07, 6.45) is 3.38. The van der Waals surface area contributed by atoms with Crippen LogP contribution in [0.3, 0.4) is 0 Å². The fourth-order valence-corrected chi connectivity index (χ4v) is 0.724. The first kappa shape index (κ1) is 15.7. The molecule has 0 aliphatic carbocycles. The Morgan fingerprint density at radius 3 is 2.79 bits per heavy atom. The Kier molecular flexibility index (Phi) is 8.52. The number of carbonyl (C=O) groups excluding carboxylic acids is 1. The smallest absolute Gasteiger partial charge is 0.236 e. The molecule has 1 aromatic heterocycles. The number of rotatable bonds is 3. The second kappa shape index (κ2) is 7.61. The Balaban J connectivity index is 0. The zero-order valence-corrected chi connectivity index (χ0v) is 9.32. The molecule has 82 valence electrons. The topological polar surface area (TPSA) is 83.8 Å². The zero-order valence-electron chi connectivity index (χ0n) is 7.69. The summed E-state index contributed by atoms with van der Waals surface area (Å²) in [5, 5.41) is 9.05. The average molecular weight is 241 g/mol. The van der Waals surface area contributed by atoms with Gasteiger partial charge in [-0.1, -0.05) is 0 Å². The first-order chi connectivity index (χ1) is 5.70. The van der Waals surface area contributed by atoms with Crippen LogP contribution in [0, 0.1) is 0 Å². The molecule has 0 aromatic carbocycles. The average Bonchev–Trinajstić information content (AvgIpc) is 2.51. The fourth-order valence-electron chi connectivity index (χ4n) is 0.724. The van der Waals surface area contributed by atoms with E-state index in [1.165, 1.54) is 0 Å². The van der Waals surface area contributed by atoms with Crippen LogP contribution in [-0.4, -0.2) is 22.1 Å². The van der Waals surface area contributed by atoms with Crippen molar-refractivity contribution in [2.45, 2.75) is 19.5 Å². The summed E-state index contributed by atoms with van der Waals surface area (Å²) >= 11 is 0. The minimum absolute atomic E-state index is 0. The lowest BCUT2D eigenvalue weighted by molar-refractivity contribution is -0.122. The predicted molar refractivity (Wildman–Crippen MR) is 58.6 cm³/mol. The van der Waals surface area contributed by atoms with Crippen LogP contribution in [0.5, 0.6) is 0 Å². The molecule has 0 fully saturated rings. The third kappa shape index (κ3) is 5.06. The van der Waals surface area contributed by atoms with Gasteiger partial charge in [-0.05, 0) is 6.92 Å². The molecule has 1 rings (SSSR count). The Hall–Kier alpha value is -0.780. The van der Waals surface area contributed by atoms with E-state index in [-0.39, 0.29) is 30.7 Å². The van der Waals surface area contributed by atoms with E-state index in [9.17, 15) is 4.79 Å². The number of hydrogen-bond acceptors (Lipinski definition) is 3. The molecule has 0 aliphatic heterocycles. The largest absolute Gasteiger partial charge is 0.351 e. The van der Waals surface area contributed by atoms with Crippen molar-refractivity contribution in [1.29, 1.82) is 0 Å². The fraction of sp³-hybridized carbons (Fsp3) is 0.429. The summed E-state index contributed by atoms with van der Waals surface area (Å²) in [5.74, 6) is -0.156. The number of aromatic nitrogens is 2. The quantitative estimate of drug-likeness (QED) is 0.707. The number of hydrogen-bond donors (Lipinski definition) is 3. The molecule has 0 saturated carbocycles. The summed E-state index contributed by atoms with van der Waals surface area (Å²) in [6.45, 7) is 2.11. The van der Waals surface area contributed by atoms with Crippen LogP contribution in [0.1, 0.15) is 12.5 Å². The molecule has 0 unspecified atom stereocenters. The van der Waals surface area contributed by atoms with Crippen molar-refractivity contribution < 1.29 is 4.79 Å². The molecule has 1 aromatic rings. The van der Waals surface area contributed by atoms with Crippen LogP contribution < -0.4 is 11.1 Å². The maximum absolute atomic E-state index is 11.0. The van der Waals surface area contributed by atoms with Crippen LogP contribution in [0.25, 0.3) is 0 Å². The van der Waals surface area contributed by atoms with E-state index in [0.717, 1.165) is 5.56 Å². The van der Waals surface area contributed by atoms with E-state index >= 15 is 0 Å². The van der Waals surface area contributed by atoms with Gasteiger partial charge in [-0.3, -0.25) is 9.89 Å². The van der Waals surface area contributed by atoms with Gasteiger partial charge in [0.2, 0.25) is 5.91 Å². The summed E-state index contributed by atoms with van der Waals surface area (Å²) in [5.41, 5.74) is 6.27. The molecular formula is C7H14Cl2N4O. The highest BCUT2D eigenvalue weighted by molar-refractivity contribution is 5.85. The lowest BCUT2D eigenvalue weighted by Gasteiger charge is -2.05. The van der Waals surface area contributed by atoms with E-state index in [1.807, 2.05) is 0 Å². The molecule has 1 amide bonds.